The predicted molar refractivity (Wildman–Crippen MR) is 129 cm³/mol. The third-order valence-electron chi connectivity index (χ3n) is 5.96. The van der Waals surface area contributed by atoms with Gasteiger partial charge in [0.05, 0.1) is 22.9 Å². The van der Waals surface area contributed by atoms with Gasteiger partial charge in [0, 0.05) is 27.4 Å². The second kappa shape index (κ2) is 7.30. The van der Waals surface area contributed by atoms with Gasteiger partial charge in [-0.2, -0.15) is 10.5 Å². The summed E-state index contributed by atoms with van der Waals surface area (Å²) in [6, 6.07) is 33.1. The Hall–Kier alpha value is -5.00. The van der Waals surface area contributed by atoms with Gasteiger partial charge in [-0.15, -0.1) is 0 Å². The van der Waals surface area contributed by atoms with E-state index in [0.717, 1.165) is 16.8 Å². The molecule has 0 radical (unpaired) electrons. The molecule has 2 heterocycles. The number of fused-ring (bicyclic) bond motifs is 5. The maximum absolute atomic E-state index is 9.27. The van der Waals surface area contributed by atoms with Gasteiger partial charge in [0.2, 0.25) is 0 Å². The molecule has 0 atom stereocenters. The van der Waals surface area contributed by atoms with Gasteiger partial charge in [-0.1, -0.05) is 66.7 Å². The molecule has 0 amide bonds. The SMILES string of the molecule is N#Cc1ncc(-c2ccc(-n3c4ccccc4c4ccc5ccccc5c43)cc2)nc1C#N. The van der Waals surface area contributed by atoms with Crippen molar-refractivity contribution in [3.8, 4) is 29.1 Å². The topological polar surface area (TPSA) is 78.3 Å². The maximum atomic E-state index is 9.27. The Bertz CT molecular complexity index is 1780. The summed E-state index contributed by atoms with van der Waals surface area (Å²) in [6.45, 7) is 0. The zero-order chi connectivity index (χ0) is 22.4. The number of para-hydroxylation sites is 1. The normalized spacial score (nSPS) is 11.0. The molecule has 0 N–H and O–H groups in total. The highest BCUT2D eigenvalue weighted by molar-refractivity contribution is 6.18. The van der Waals surface area contributed by atoms with Crippen molar-refractivity contribution in [3.05, 3.63) is 103 Å². The Morgan fingerprint density at radius 1 is 0.667 bits per heavy atom. The van der Waals surface area contributed by atoms with Crippen molar-refractivity contribution in [2.75, 3.05) is 0 Å². The van der Waals surface area contributed by atoms with Gasteiger partial charge in [-0.25, -0.2) is 9.97 Å². The number of benzene rings is 4. The van der Waals surface area contributed by atoms with Crippen LogP contribution in [0.2, 0.25) is 0 Å². The lowest BCUT2D eigenvalue weighted by molar-refractivity contribution is 1.13. The number of nitrogens with zero attached hydrogens (tertiary/aromatic N) is 5. The summed E-state index contributed by atoms with van der Waals surface area (Å²) in [7, 11) is 0. The van der Waals surface area contributed by atoms with Crippen molar-refractivity contribution < 1.29 is 0 Å². The molecule has 0 aliphatic heterocycles. The van der Waals surface area contributed by atoms with Crippen LogP contribution in [0.4, 0.5) is 0 Å². The van der Waals surface area contributed by atoms with E-state index in [0.29, 0.717) is 5.69 Å². The van der Waals surface area contributed by atoms with Crippen molar-refractivity contribution in [2.24, 2.45) is 0 Å². The zero-order valence-electron chi connectivity index (χ0n) is 17.4. The molecule has 33 heavy (non-hydrogen) atoms. The van der Waals surface area contributed by atoms with Crippen LogP contribution in [0.5, 0.6) is 0 Å². The number of nitriles is 2. The highest BCUT2D eigenvalue weighted by Crippen LogP contribution is 2.36. The molecule has 0 unspecified atom stereocenters. The summed E-state index contributed by atoms with van der Waals surface area (Å²) in [5.74, 6) is 0. The van der Waals surface area contributed by atoms with Gasteiger partial charge in [-0.3, -0.25) is 0 Å². The first-order valence-electron chi connectivity index (χ1n) is 10.5. The lowest BCUT2D eigenvalue weighted by Crippen LogP contribution is -1.97. The van der Waals surface area contributed by atoms with E-state index >= 15 is 0 Å². The largest absolute Gasteiger partial charge is 0.309 e. The van der Waals surface area contributed by atoms with Gasteiger partial charge in [0.1, 0.15) is 12.1 Å². The van der Waals surface area contributed by atoms with Crippen molar-refractivity contribution in [2.45, 2.75) is 0 Å². The van der Waals surface area contributed by atoms with E-state index in [9.17, 15) is 5.26 Å². The minimum atomic E-state index is 0.0351. The summed E-state index contributed by atoms with van der Waals surface area (Å²) >= 11 is 0. The lowest BCUT2D eigenvalue weighted by atomic mass is 10.1. The maximum Gasteiger partial charge on any atom is 0.177 e. The van der Waals surface area contributed by atoms with Gasteiger partial charge in [0.25, 0.3) is 0 Å². The first-order valence-corrected chi connectivity index (χ1v) is 10.5. The van der Waals surface area contributed by atoms with Crippen LogP contribution in [-0.4, -0.2) is 14.5 Å². The van der Waals surface area contributed by atoms with E-state index in [2.05, 4.69) is 87.3 Å². The molecule has 5 nitrogen and oxygen atoms in total. The molecule has 4 aromatic carbocycles. The Morgan fingerprint density at radius 3 is 2.18 bits per heavy atom. The van der Waals surface area contributed by atoms with Crippen LogP contribution in [0, 0.1) is 22.7 Å². The molecule has 0 saturated carbocycles. The highest BCUT2D eigenvalue weighted by atomic mass is 15.0. The smallest absolute Gasteiger partial charge is 0.177 e. The Labute approximate surface area is 189 Å². The molecule has 6 aromatic rings. The number of aromatic nitrogens is 3. The monoisotopic (exact) mass is 421 g/mol. The molecule has 152 valence electrons. The molecule has 0 saturated heterocycles. The van der Waals surface area contributed by atoms with Gasteiger partial charge >= 0.3 is 0 Å². The molecule has 0 spiro atoms. The summed E-state index contributed by atoms with van der Waals surface area (Å²) in [6.07, 6.45) is 1.53. The highest BCUT2D eigenvalue weighted by Gasteiger charge is 2.15. The van der Waals surface area contributed by atoms with Crippen LogP contribution < -0.4 is 0 Å². The average Bonchev–Trinajstić information content (AvgIpc) is 3.23. The summed E-state index contributed by atoms with van der Waals surface area (Å²) in [5, 5.41) is 23.2. The fraction of sp³-hybridized carbons (Fsp3) is 0. The van der Waals surface area contributed by atoms with Crippen LogP contribution in [0.25, 0.3) is 49.5 Å². The fourth-order valence-electron chi connectivity index (χ4n) is 4.47. The van der Waals surface area contributed by atoms with E-state index in [4.69, 9.17) is 5.26 Å². The van der Waals surface area contributed by atoms with E-state index in [-0.39, 0.29) is 11.4 Å². The first kappa shape index (κ1) is 18.7. The van der Waals surface area contributed by atoms with Crippen LogP contribution in [0.1, 0.15) is 11.4 Å². The molecule has 0 aliphatic rings. The van der Waals surface area contributed by atoms with Crippen molar-refractivity contribution in [1.29, 1.82) is 10.5 Å². The van der Waals surface area contributed by atoms with Crippen molar-refractivity contribution in [3.63, 3.8) is 0 Å². The van der Waals surface area contributed by atoms with E-state index in [1.54, 1.807) is 0 Å². The number of hydrogen-bond acceptors (Lipinski definition) is 4. The van der Waals surface area contributed by atoms with Gasteiger partial charge in [-0.05, 0) is 23.6 Å². The third kappa shape index (κ3) is 2.85. The molecule has 5 heteroatoms. The Morgan fingerprint density at radius 2 is 1.39 bits per heavy atom. The second-order valence-electron chi connectivity index (χ2n) is 7.76. The van der Waals surface area contributed by atoms with Gasteiger partial charge in [0.15, 0.2) is 11.4 Å². The van der Waals surface area contributed by atoms with Crippen LogP contribution in [0.3, 0.4) is 0 Å². The minimum absolute atomic E-state index is 0.0351. The number of hydrogen-bond donors (Lipinski definition) is 0. The molecular formula is C28H15N5. The standard InChI is InChI=1S/C28H15N5/c29-15-24-25(16-30)32-26(17-31-24)19-9-12-20(13-10-19)33-27-8-4-3-7-22(27)23-14-11-18-5-1-2-6-21(18)28(23)33/h1-14,17H. The molecule has 2 aromatic heterocycles. The first-order chi connectivity index (χ1) is 16.3. The van der Waals surface area contributed by atoms with Crippen LogP contribution in [0.15, 0.2) is 91.1 Å². The van der Waals surface area contributed by atoms with Crippen molar-refractivity contribution >= 4 is 32.6 Å². The van der Waals surface area contributed by atoms with Crippen LogP contribution in [-0.2, 0) is 0 Å². The van der Waals surface area contributed by atoms with E-state index in [1.165, 1.54) is 33.3 Å². The quantitative estimate of drug-likeness (QED) is 0.336. The summed E-state index contributed by atoms with van der Waals surface area (Å²) in [4.78, 5) is 8.39. The minimum Gasteiger partial charge on any atom is -0.309 e. The van der Waals surface area contributed by atoms with E-state index in [1.807, 2.05) is 24.3 Å². The fourth-order valence-corrected chi connectivity index (χ4v) is 4.47. The molecular weight excluding hydrogens is 406 g/mol. The molecule has 0 bridgehead atoms. The Balaban J connectivity index is 1.58. The molecule has 0 fully saturated rings. The summed E-state index contributed by atoms with van der Waals surface area (Å²) < 4.78 is 2.29. The molecule has 6 rings (SSSR count). The number of rotatable bonds is 2. The molecule has 0 aliphatic carbocycles. The Kier molecular flexibility index (Phi) is 4.15. The average molecular weight is 421 g/mol. The third-order valence-corrected chi connectivity index (χ3v) is 5.96. The van der Waals surface area contributed by atoms with E-state index < -0.39 is 0 Å². The lowest BCUT2D eigenvalue weighted by Gasteiger charge is -2.11. The van der Waals surface area contributed by atoms with Crippen molar-refractivity contribution in [1.82, 2.24) is 14.5 Å². The second-order valence-corrected chi connectivity index (χ2v) is 7.76. The predicted octanol–water partition coefficient (Wildman–Crippen LogP) is 6.14. The van der Waals surface area contributed by atoms with Gasteiger partial charge < -0.3 is 4.57 Å². The summed E-state index contributed by atoms with van der Waals surface area (Å²) in [5.41, 5.74) is 4.81. The zero-order valence-corrected chi connectivity index (χ0v) is 17.4. The van der Waals surface area contributed by atoms with Crippen LogP contribution >= 0.6 is 0 Å².